The van der Waals surface area contributed by atoms with Crippen molar-refractivity contribution in [3.8, 4) is 113 Å². The lowest BCUT2D eigenvalue weighted by Gasteiger charge is -2.26. The van der Waals surface area contributed by atoms with Crippen LogP contribution in [0.25, 0.3) is 168 Å². The number of morpholine rings is 2. The van der Waals surface area contributed by atoms with Gasteiger partial charge in [0.25, 0.3) is 0 Å². The van der Waals surface area contributed by atoms with Crippen LogP contribution in [0.4, 0.5) is 58.7 Å². The molecule has 38 heteroatoms. The van der Waals surface area contributed by atoms with E-state index in [9.17, 15) is 0 Å². The summed E-state index contributed by atoms with van der Waals surface area (Å²) >= 11 is 0. The Hall–Kier alpha value is -18.8. The fourth-order valence-electron chi connectivity index (χ4n) is 14.8. The number of hydrogen-bond donors (Lipinski definition) is 6. The molecule has 2 aliphatic heterocycles. The molecule has 38 nitrogen and oxygen atoms in total. The molecule has 2 aliphatic rings. The lowest BCUT2D eigenvalue weighted by molar-refractivity contribution is 0.122. The Bertz CT molecular complexity index is 7740. The van der Waals surface area contributed by atoms with E-state index >= 15 is 0 Å². The first-order valence-electron chi connectivity index (χ1n) is 42.2. The summed E-state index contributed by atoms with van der Waals surface area (Å²) in [4.78, 5) is 81.3. The van der Waals surface area contributed by atoms with Gasteiger partial charge in [-0.25, -0.2) is 79.7 Å². The molecule has 0 spiro atoms. The third-order valence-corrected chi connectivity index (χ3v) is 21.4. The minimum Gasteiger partial charge on any atom is -0.399 e. The summed E-state index contributed by atoms with van der Waals surface area (Å²) in [5.41, 5.74) is 41.3. The van der Waals surface area contributed by atoms with Crippen molar-refractivity contribution >= 4 is 113 Å². The largest absolute Gasteiger partial charge is 0.399 e. The average Bonchev–Trinajstić information content (AvgIpc) is 1.69. The predicted octanol–water partition coefficient (Wildman–Crippen LogP) is 16.4. The van der Waals surface area contributed by atoms with Crippen LogP contribution in [0, 0.1) is 0 Å². The third kappa shape index (κ3) is 19.5. The van der Waals surface area contributed by atoms with Gasteiger partial charge in [0.2, 0.25) is 41.6 Å². The first kappa shape index (κ1) is 84.3. The van der Waals surface area contributed by atoms with Crippen LogP contribution >= 0.6 is 0 Å². The second-order valence-electron chi connectivity index (χ2n) is 30.2. The smallest absolute Gasteiger partial charge is 0.227 e. The molecule has 7 aromatic carbocycles. The summed E-state index contributed by atoms with van der Waals surface area (Å²) < 4.78 is 38.6. The van der Waals surface area contributed by atoms with Gasteiger partial charge in [-0.3, -0.25) is 9.97 Å². The van der Waals surface area contributed by atoms with E-state index in [1.54, 1.807) is 86.5 Å². The van der Waals surface area contributed by atoms with Crippen LogP contribution in [0.2, 0.25) is 0 Å². The highest BCUT2D eigenvalue weighted by Crippen LogP contribution is 2.39. The van der Waals surface area contributed by atoms with Crippen LogP contribution < -0.4 is 43.4 Å². The van der Waals surface area contributed by atoms with Crippen molar-refractivity contribution in [1.82, 2.24) is 115 Å². The first-order valence-corrected chi connectivity index (χ1v) is 42.2. The summed E-state index contributed by atoms with van der Waals surface area (Å²) in [5, 5.41) is 31.5. The summed E-state index contributed by atoms with van der Waals surface area (Å²) in [6, 6.07) is 68.6. The maximum absolute atomic E-state index is 5.88. The van der Waals surface area contributed by atoms with E-state index in [0.29, 0.717) is 102 Å². The van der Waals surface area contributed by atoms with E-state index < -0.39 is 0 Å². The highest BCUT2D eigenvalue weighted by Gasteiger charge is 2.24. The van der Waals surface area contributed by atoms with Crippen molar-refractivity contribution in [2.45, 2.75) is 0 Å². The van der Waals surface area contributed by atoms with Gasteiger partial charge in [0.05, 0.1) is 81.8 Å². The van der Waals surface area contributed by atoms with Crippen molar-refractivity contribution in [2.75, 3.05) is 96.0 Å². The zero-order valence-electron chi connectivity index (χ0n) is 71.3. The van der Waals surface area contributed by atoms with Gasteiger partial charge in [-0.1, -0.05) is 80.4 Å². The van der Waals surface area contributed by atoms with Gasteiger partial charge in [0.1, 0.15) is 51.0 Å². The van der Waals surface area contributed by atoms with Crippen molar-refractivity contribution in [3.05, 3.63) is 299 Å². The number of nitrogens with two attached hydrogens (primary N) is 4. The summed E-state index contributed by atoms with van der Waals surface area (Å²) in [7, 11) is 0. The Morgan fingerprint density at radius 3 is 1.00 bits per heavy atom. The highest BCUT2D eigenvalue weighted by molar-refractivity contribution is 5.98. The van der Waals surface area contributed by atoms with Crippen molar-refractivity contribution in [1.29, 1.82) is 0 Å². The molecule has 2 saturated heterocycles. The van der Waals surface area contributed by atoms with Crippen molar-refractivity contribution in [3.63, 3.8) is 0 Å². The maximum atomic E-state index is 5.88. The number of rotatable bonds is 16. The lowest BCUT2D eigenvalue weighted by atomic mass is 10.1. The highest BCUT2D eigenvalue weighted by atomic mass is 16.5. The molecule has 0 bridgehead atoms. The molecule has 0 unspecified atom stereocenters. The van der Waals surface area contributed by atoms with Crippen molar-refractivity contribution in [2.24, 2.45) is 0 Å². The van der Waals surface area contributed by atoms with E-state index in [2.05, 4.69) is 131 Å². The molecule has 0 saturated carbocycles. The average molecular weight is 1790 g/mol. The summed E-state index contributed by atoms with van der Waals surface area (Å²) in [5.74, 6) is 6.20. The minimum absolute atomic E-state index is 0.231. The number of hydrogen-bond acceptors (Lipinski definition) is 38. The van der Waals surface area contributed by atoms with Crippen LogP contribution in [0.1, 0.15) is 0 Å². The van der Waals surface area contributed by atoms with Crippen LogP contribution in [-0.2, 0) is 9.47 Å². The number of nitrogen functional groups attached to an aromatic ring is 4. The van der Waals surface area contributed by atoms with Crippen LogP contribution in [0.15, 0.2) is 322 Å². The molecule has 135 heavy (non-hydrogen) atoms. The number of anilines is 10. The van der Waals surface area contributed by atoms with Crippen LogP contribution in [0.5, 0.6) is 0 Å². The normalized spacial score (nSPS) is 12.4. The number of pyridine rings is 2. The quantitative estimate of drug-likeness (QED) is 0.0489. The molecule has 0 atom stereocenters. The molecule has 0 amide bonds. The van der Waals surface area contributed by atoms with E-state index in [1.165, 1.54) is 6.33 Å². The molecule has 10 N–H and O–H groups in total. The Labute approximate surface area is 765 Å². The van der Waals surface area contributed by atoms with E-state index in [0.717, 1.165) is 159 Å². The topological polar surface area (TPSA) is 515 Å². The second-order valence-corrected chi connectivity index (χ2v) is 30.2. The fourth-order valence-corrected chi connectivity index (χ4v) is 14.8. The first-order chi connectivity index (χ1) is 66.5. The molecule has 24 rings (SSSR count). The number of nitrogens with zero attached hydrogens (tertiary/aromatic N) is 25. The Morgan fingerprint density at radius 2 is 0.615 bits per heavy atom. The zero-order chi connectivity index (χ0) is 91.2. The summed E-state index contributed by atoms with van der Waals surface area (Å²) in [6.45, 7) is 5.70. The van der Waals surface area contributed by atoms with Gasteiger partial charge < -0.3 is 75.5 Å². The molecule has 17 heterocycles. The number of para-hydroxylation sites is 1. The third-order valence-electron chi connectivity index (χ3n) is 21.4. The Morgan fingerprint density at radius 1 is 0.259 bits per heavy atom. The van der Waals surface area contributed by atoms with Gasteiger partial charge in [0.15, 0.2) is 28.8 Å². The molecule has 660 valence electrons. The zero-order valence-corrected chi connectivity index (χ0v) is 71.3. The van der Waals surface area contributed by atoms with Crippen LogP contribution in [-0.4, -0.2) is 168 Å². The van der Waals surface area contributed by atoms with E-state index in [-0.39, 0.29) is 17.8 Å². The number of nitrogens with one attached hydrogen (secondary N) is 2. The Balaban J connectivity index is 0.000000106. The fraction of sp³-hybridized carbons (Fsp3) is 0.0825. The molecule has 0 aliphatic carbocycles. The SMILES string of the molecule is Nc1cccc(Nc2nccc(-c3ccc4noc(-c5ccnc(N6CCOCC6)n5)c4c3)n2)c1.Nc1nccc(-c2ccc3noc(-c4cccnc4)c3c2)n1.Nc1nccc(-c2ccc3noc(-c4ccnc(N5CCOCC5)n4)c3c2)n1.Nc1nccc(-c2ccc3noc(-c4ccncn4)c3c2)n1.c1ccc(Nc2nccc(-c3ccc4noc(-c5cccnc5)c4c3)n2)cc1. The molecular formula is C97H75N31O7. The maximum Gasteiger partial charge on any atom is 0.227 e. The summed E-state index contributed by atoms with van der Waals surface area (Å²) in [6.07, 6.45) is 21.9. The van der Waals surface area contributed by atoms with Gasteiger partial charge in [0, 0.05) is 157 Å². The van der Waals surface area contributed by atoms with Gasteiger partial charge >= 0.3 is 0 Å². The molecule has 15 aromatic heterocycles. The number of aromatic nitrogens is 23. The predicted molar refractivity (Wildman–Crippen MR) is 508 cm³/mol. The second kappa shape index (κ2) is 39.0. The number of ether oxygens (including phenoxy) is 2. The molecule has 2 fully saturated rings. The molecule has 0 radical (unpaired) electrons. The number of fused-ring (bicyclic) bond motifs is 5. The number of benzene rings is 7. The molecule has 22 aromatic rings. The van der Waals surface area contributed by atoms with Gasteiger partial charge in [-0.2, -0.15) is 0 Å². The van der Waals surface area contributed by atoms with E-state index in [1.807, 2.05) is 206 Å². The lowest BCUT2D eigenvalue weighted by Crippen LogP contribution is -2.37. The van der Waals surface area contributed by atoms with Gasteiger partial charge in [-0.15, -0.1) is 0 Å². The standard InChI is InChI=1S/C25H22N8O2.C22H15N5O.C19H17N7O2.C16H11N5O.C15H10N6O/c26-17-2-1-3-18(15-17)29-24-27-8-6-20(30-24)16-4-5-21-19(14-16)23(35-32-21)22-7-9-28-25(31-22)33-10-12-34-13-11-33;1-2-6-17(7-3-1)25-22-24-12-10-19(26-22)15-8-9-20-18(13-15)21(28-27-20)16-5-4-11-23-14-16;20-18-21-5-3-14(23-18)12-1-2-15-13(11-12)17(28-25-15)16-4-6-22-19(24-16)26-7-9-27-10-8-26;17-16-19-7-5-13(20-16)10-3-4-14-12(8-10)15(22-21-14)11-2-1-6-18-9-11;16-15-18-6-4-11(20-15)9-1-2-12-10(7-9)14(22-21-12)13-3-5-17-8-19-13/h1-9,14-15H,10-13,26H2,(H,27,29,30);1-14H,(H,24,25,26);1-6,11H,7-10H2,(H2,20,21,23);1-9H,(H2,17,19,20);1-8H,(H2,16,18,20). The van der Waals surface area contributed by atoms with Crippen LogP contribution in [0.3, 0.4) is 0 Å². The molecular weight excluding hydrogens is 1710 g/mol. The van der Waals surface area contributed by atoms with Crippen molar-refractivity contribution < 1.29 is 32.1 Å². The van der Waals surface area contributed by atoms with E-state index in [4.69, 9.17) is 60.0 Å². The minimum atomic E-state index is 0.231. The monoisotopic (exact) mass is 1790 g/mol. The van der Waals surface area contributed by atoms with Gasteiger partial charge in [-0.05, 0) is 164 Å². The Kier molecular flexibility index (Phi) is 24.4.